The van der Waals surface area contributed by atoms with Crippen LogP contribution in [0.2, 0.25) is 0 Å². The lowest BCUT2D eigenvalue weighted by molar-refractivity contribution is 0.0984. The molecule has 1 aliphatic rings. The number of carbonyl (C=O) groups excluding carboxylic acids is 1. The number of benzene rings is 3. The largest absolute Gasteiger partial charge is 0.507 e. The third-order valence-corrected chi connectivity index (χ3v) is 6.09. The highest BCUT2D eigenvalue weighted by atomic mass is 35.5. The molecule has 1 aromatic heterocycles. The Labute approximate surface area is 173 Å². The number of para-hydroxylation sites is 1. The van der Waals surface area contributed by atoms with E-state index in [-0.39, 0.29) is 17.6 Å². The molecule has 0 bridgehead atoms. The predicted octanol–water partition coefficient (Wildman–Crippen LogP) is 5.65. The smallest absolute Gasteiger partial charge is 0.274 e. The van der Waals surface area contributed by atoms with Crippen LogP contribution in [0.5, 0.6) is 5.75 Å². The van der Waals surface area contributed by atoms with Gasteiger partial charge in [-0.05, 0) is 22.6 Å². The number of alkyl halides is 1. The number of carbonyl (C=O) groups is 1. The summed E-state index contributed by atoms with van der Waals surface area (Å²) in [5, 5.41) is 13.2. The summed E-state index contributed by atoms with van der Waals surface area (Å²) in [7, 11) is 0. The number of amides is 1. The first-order valence-corrected chi connectivity index (χ1v) is 10.0. The van der Waals surface area contributed by atoms with E-state index in [1.807, 2.05) is 48.5 Å². The molecule has 144 valence electrons. The van der Waals surface area contributed by atoms with Crippen LogP contribution >= 0.6 is 11.6 Å². The molecule has 2 N–H and O–H groups in total. The number of nitrogens with one attached hydrogen (secondary N) is 1. The van der Waals surface area contributed by atoms with E-state index >= 15 is 0 Å². The Bertz CT molecular complexity index is 1290. The highest BCUT2D eigenvalue weighted by molar-refractivity contribution is 6.19. The number of halogens is 1. The molecule has 29 heavy (non-hydrogen) atoms. The molecule has 0 radical (unpaired) electrons. The molecule has 5 heteroatoms. The molecule has 1 aliphatic heterocycles. The SMILES string of the molecule is C=Cc1cccc2cc(C(=O)N3CC(CCl)c4c3cc(O)c3ccccc43)[nH]c12. The van der Waals surface area contributed by atoms with Crippen LogP contribution in [0.25, 0.3) is 27.8 Å². The maximum Gasteiger partial charge on any atom is 0.274 e. The zero-order chi connectivity index (χ0) is 20.1. The van der Waals surface area contributed by atoms with Crippen molar-refractivity contribution in [2.24, 2.45) is 0 Å². The molecule has 1 amide bonds. The number of phenolic OH excluding ortho intramolecular Hbond substituents is 1. The van der Waals surface area contributed by atoms with Crippen molar-refractivity contribution in [3.63, 3.8) is 0 Å². The van der Waals surface area contributed by atoms with Gasteiger partial charge in [0.05, 0.1) is 11.2 Å². The maximum atomic E-state index is 13.4. The summed E-state index contributed by atoms with van der Waals surface area (Å²) < 4.78 is 0. The Morgan fingerprint density at radius 1 is 1.21 bits per heavy atom. The van der Waals surface area contributed by atoms with Gasteiger partial charge in [0.2, 0.25) is 0 Å². The fourth-order valence-electron chi connectivity index (χ4n) is 4.36. The van der Waals surface area contributed by atoms with Crippen LogP contribution in [-0.4, -0.2) is 28.4 Å². The Kier molecular flexibility index (Phi) is 4.10. The standard InChI is InChI=1S/C24H19ClN2O2/c1-2-14-6-5-7-15-10-19(26-23(14)15)24(29)27-13-16(12-25)22-18-9-4-3-8-17(18)21(28)11-20(22)27/h2-11,16,26,28H,1,12-13H2. The van der Waals surface area contributed by atoms with Crippen LogP contribution in [0.4, 0.5) is 5.69 Å². The minimum atomic E-state index is -0.139. The maximum absolute atomic E-state index is 13.4. The van der Waals surface area contributed by atoms with Crippen LogP contribution in [0.15, 0.2) is 61.2 Å². The number of nitrogens with zero attached hydrogens (tertiary/aromatic N) is 1. The van der Waals surface area contributed by atoms with Gasteiger partial charge in [-0.3, -0.25) is 4.79 Å². The van der Waals surface area contributed by atoms with Crippen LogP contribution in [0.1, 0.15) is 27.5 Å². The summed E-state index contributed by atoms with van der Waals surface area (Å²) in [4.78, 5) is 18.4. The van der Waals surface area contributed by atoms with Gasteiger partial charge in [0.25, 0.3) is 5.91 Å². The van der Waals surface area contributed by atoms with Gasteiger partial charge >= 0.3 is 0 Å². The molecular weight excluding hydrogens is 384 g/mol. The molecule has 5 rings (SSSR count). The first-order valence-electron chi connectivity index (χ1n) is 9.49. The van der Waals surface area contributed by atoms with Crippen molar-refractivity contribution >= 4 is 50.9 Å². The fraction of sp³-hybridized carbons (Fsp3) is 0.125. The average molecular weight is 403 g/mol. The molecular formula is C24H19ClN2O2. The number of hydrogen-bond donors (Lipinski definition) is 2. The molecule has 0 aliphatic carbocycles. The van der Waals surface area contributed by atoms with Crippen molar-refractivity contribution in [1.29, 1.82) is 0 Å². The average Bonchev–Trinajstić information content (AvgIpc) is 3.35. The van der Waals surface area contributed by atoms with Gasteiger partial charge < -0.3 is 15.0 Å². The van der Waals surface area contributed by atoms with Crippen LogP contribution in [0, 0.1) is 0 Å². The van der Waals surface area contributed by atoms with Crippen molar-refractivity contribution in [2.45, 2.75) is 5.92 Å². The van der Waals surface area contributed by atoms with E-state index in [4.69, 9.17) is 11.6 Å². The lowest BCUT2D eigenvalue weighted by Crippen LogP contribution is -2.30. The van der Waals surface area contributed by atoms with Crippen LogP contribution in [0.3, 0.4) is 0 Å². The number of rotatable bonds is 3. The van der Waals surface area contributed by atoms with Crippen molar-refractivity contribution in [3.8, 4) is 5.75 Å². The van der Waals surface area contributed by atoms with E-state index in [1.165, 1.54) is 0 Å². The second-order valence-electron chi connectivity index (χ2n) is 7.34. The summed E-state index contributed by atoms with van der Waals surface area (Å²) in [5.41, 5.74) is 4.08. The third-order valence-electron chi connectivity index (χ3n) is 5.71. The Balaban J connectivity index is 1.65. The second-order valence-corrected chi connectivity index (χ2v) is 7.65. The second kappa shape index (κ2) is 6.68. The first-order chi connectivity index (χ1) is 14.1. The van der Waals surface area contributed by atoms with Gasteiger partial charge in [-0.25, -0.2) is 0 Å². The van der Waals surface area contributed by atoms with E-state index in [0.29, 0.717) is 18.1 Å². The van der Waals surface area contributed by atoms with Gasteiger partial charge in [0.1, 0.15) is 11.4 Å². The molecule has 3 aromatic carbocycles. The Hall–Kier alpha value is -3.24. The highest BCUT2D eigenvalue weighted by Gasteiger charge is 2.35. The van der Waals surface area contributed by atoms with Gasteiger partial charge in [-0.15, -0.1) is 11.6 Å². The molecule has 1 atom stereocenters. The molecule has 4 aromatic rings. The number of aromatic nitrogens is 1. The number of fused-ring (bicyclic) bond motifs is 4. The summed E-state index contributed by atoms with van der Waals surface area (Å²) in [6.07, 6.45) is 1.77. The topological polar surface area (TPSA) is 56.3 Å². The van der Waals surface area contributed by atoms with E-state index in [0.717, 1.165) is 38.5 Å². The van der Waals surface area contributed by atoms with Crippen LogP contribution < -0.4 is 4.90 Å². The number of H-pyrrole nitrogens is 1. The molecule has 4 nitrogen and oxygen atoms in total. The molecule has 0 saturated heterocycles. The minimum absolute atomic E-state index is 0.00855. The molecule has 1 unspecified atom stereocenters. The number of aromatic hydroxyl groups is 1. The van der Waals surface area contributed by atoms with Gasteiger partial charge in [0, 0.05) is 35.2 Å². The Morgan fingerprint density at radius 3 is 2.76 bits per heavy atom. The summed E-state index contributed by atoms with van der Waals surface area (Å²) in [5.74, 6) is 0.436. The van der Waals surface area contributed by atoms with Crippen molar-refractivity contribution in [1.82, 2.24) is 4.98 Å². The lowest BCUT2D eigenvalue weighted by atomic mass is 9.95. The van der Waals surface area contributed by atoms with E-state index in [9.17, 15) is 9.90 Å². The van der Waals surface area contributed by atoms with E-state index < -0.39 is 0 Å². The monoisotopic (exact) mass is 402 g/mol. The van der Waals surface area contributed by atoms with E-state index in [2.05, 4.69) is 11.6 Å². The number of phenols is 1. The molecule has 0 spiro atoms. The Morgan fingerprint density at radius 2 is 2.00 bits per heavy atom. The summed E-state index contributed by atoms with van der Waals surface area (Å²) in [6.45, 7) is 4.33. The van der Waals surface area contributed by atoms with E-state index in [1.54, 1.807) is 17.0 Å². The summed E-state index contributed by atoms with van der Waals surface area (Å²) >= 11 is 6.28. The zero-order valence-electron chi connectivity index (χ0n) is 15.7. The predicted molar refractivity (Wildman–Crippen MR) is 119 cm³/mol. The van der Waals surface area contributed by atoms with Crippen LogP contribution in [-0.2, 0) is 0 Å². The first kappa shape index (κ1) is 17.8. The number of aromatic amines is 1. The third kappa shape index (κ3) is 2.64. The molecule has 0 saturated carbocycles. The quantitative estimate of drug-likeness (QED) is 0.435. The van der Waals surface area contributed by atoms with Crippen molar-refractivity contribution in [3.05, 3.63) is 78.0 Å². The highest BCUT2D eigenvalue weighted by Crippen LogP contribution is 2.45. The van der Waals surface area contributed by atoms with Gasteiger partial charge in [-0.2, -0.15) is 0 Å². The fourth-order valence-corrected chi connectivity index (χ4v) is 4.61. The van der Waals surface area contributed by atoms with Crippen molar-refractivity contribution < 1.29 is 9.90 Å². The summed E-state index contributed by atoms with van der Waals surface area (Å²) in [6, 6.07) is 17.1. The number of hydrogen-bond acceptors (Lipinski definition) is 2. The molecule has 0 fully saturated rings. The van der Waals surface area contributed by atoms with Gasteiger partial charge in [0.15, 0.2) is 0 Å². The number of anilines is 1. The van der Waals surface area contributed by atoms with Crippen molar-refractivity contribution in [2.75, 3.05) is 17.3 Å². The zero-order valence-corrected chi connectivity index (χ0v) is 16.4. The minimum Gasteiger partial charge on any atom is -0.507 e. The molecule has 2 heterocycles. The van der Waals surface area contributed by atoms with Gasteiger partial charge in [-0.1, -0.05) is 55.1 Å². The normalized spacial score (nSPS) is 15.8. The lowest BCUT2D eigenvalue weighted by Gasteiger charge is -2.17.